The molecule has 4 aromatic rings. The number of ether oxygens (including phenoxy) is 4. The Bertz CT molecular complexity index is 1500. The molecular formula is C27H26N6O5. The first-order valence-corrected chi connectivity index (χ1v) is 12.1. The molecule has 11 heteroatoms. The van der Waals surface area contributed by atoms with Crippen LogP contribution >= 0.6 is 0 Å². The number of hydrogen-bond donors (Lipinski definition) is 1. The fourth-order valence-corrected chi connectivity index (χ4v) is 5.00. The molecule has 194 valence electrons. The minimum Gasteiger partial charge on any atom is -0.495 e. The predicted molar refractivity (Wildman–Crippen MR) is 137 cm³/mol. The van der Waals surface area contributed by atoms with Gasteiger partial charge in [-0.2, -0.15) is 4.68 Å². The van der Waals surface area contributed by atoms with Crippen molar-refractivity contribution < 1.29 is 23.7 Å². The van der Waals surface area contributed by atoms with Crippen LogP contribution in [0.1, 0.15) is 33.4 Å². The summed E-state index contributed by atoms with van der Waals surface area (Å²) in [6.07, 6.45) is 0.826. The number of hydrogen-bond acceptors (Lipinski definition) is 9. The van der Waals surface area contributed by atoms with E-state index in [4.69, 9.17) is 18.9 Å². The summed E-state index contributed by atoms with van der Waals surface area (Å²) in [5, 5.41) is 15.6. The first kappa shape index (κ1) is 23.7. The highest BCUT2D eigenvalue weighted by Gasteiger charge is 2.37. The molecule has 0 radical (unpaired) electrons. The van der Waals surface area contributed by atoms with Crippen molar-refractivity contribution in [1.82, 2.24) is 25.1 Å². The number of carbonyl (C=O) groups is 1. The van der Waals surface area contributed by atoms with Crippen molar-refractivity contribution in [2.75, 3.05) is 39.9 Å². The number of para-hydroxylation sites is 2. The fourth-order valence-electron chi connectivity index (χ4n) is 5.00. The number of fused-ring (bicyclic) bond motifs is 2. The van der Waals surface area contributed by atoms with E-state index < -0.39 is 0 Å². The third kappa shape index (κ3) is 3.97. The molecule has 6 rings (SSSR count). The van der Waals surface area contributed by atoms with Gasteiger partial charge >= 0.3 is 0 Å². The molecule has 3 aromatic carbocycles. The predicted octanol–water partition coefficient (Wildman–Crippen LogP) is 3.24. The Morgan fingerprint density at radius 2 is 1.89 bits per heavy atom. The summed E-state index contributed by atoms with van der Waals surface area (Å²) in [7, 11) is 5.22. The van der Waals surface area contributed by atoms with Crippen LogP contribution in [0.15, 0.2) is 54.6 Å². The summed E-state index contributed by atoms with van der Waals surface area (Å²) >= 11 is 0. The average Bonchev–Trinajstić information content (AvgIpc) is 3.62. The Hall–Kier alpha value is -4.64. The maximum atomic E-state index is 12.9. The topological polar surface area (TPSA) is 113 Å². The zero-order valence-electron chi connectivity index (χ0n) is 21.2. The lowest BCUT2D eigenvalue weighted by molar-refractivity contribution is 0.102. The van der Waals surface area contributed by atoms with Crippen molar-refractivity contribution in [2.24, 2.45) is 0 Å². The number of rotatable bonds is 6. The van der Waals surface area contributed by atoms with Crippen LogP contribution in [0, 0.1) is 0 Å². The molecule has 0 saturated carbocycles. The van der Waals surface area contributed by atoms with E-state index in [2.05, 4.69) is 25.7 Å². The lowest BCUT2D eigenvalue weighted by atomic mass is 9.90. The van der Waals surface area contributed by atoms with Crippen molar-refractivity contribution in [1.29, 1.82) is 0 Å². The van der Waals surface area contributed by atoms with Crippen molar-refractivity contribution in [3.63, 3.8) is 0 Å². The van der Waals surface area contributed by atoms with Gasteiger partial charge in [-0.05, 0) is 71.9 Å². The Kier molecular flexibility index (Phi) is 6.04. The number of amides is 1. The number of nitrogens with one attached hydrogen (secondary N) is 1. The van der Waals surface area contributed by atoms with Gasteiger partial charge in [0.1, 0.15) is 11.8 Å². The summed E-state index contributed by atoms with van der Waals surface area (Å²) in [6.45, 7) is 0.958. The number of likely N-dealkylation sites (N-methyl/N-ethyl adjacent to an activating group) is 1. The van der Waals surface area contributed by atoms with E-state index >= 15 is 0 Å². The van der Waals surface area contributed by atoms with Gasteiger partial charge in [-0.15, -0.1) is 5.10 Å². The fraction of sp³-hybridized carbons (Fsp3) is 0.259. The highest BCUT2D eigenvalue weighted by Crippen LogP contribution is 2.50. The number of nitrogens with zero attached hydrogens (tertiary/aromatic N) is 5. The van der Waals surface area contributed by atoms with Gasteiger partial charge in [-0.25, -0.2) is 0 Å². The number of tetrazole rings is 1. The molecule has 1 aromatic heterocycles. The molecule has 0 aliphatic carbocycles. The van der Waals surface area contributed by atoms with E-state index in [9.17, 15) is 4.79 Å². The van der Waals surface area contributed by atoms with Gasteiger partial charge in [0.25, 0.3) is 5.91 Å². The van der Waals surface area contributed by atoms with E-state index in [0.29, 0.717) is 40.1 Å². The van der Waals surface area contributed by atoms with Gasteiger partial charge < -0.3 is 24.3 Å². The summed E-state index contributed by atoms with van der Waals surface area (Å²) < 4.78 is 24.2. The second-order valence-electron chi connectivity index (χ2n) is 9.00. The molecule has 2 aliphatic rings. The maximum Gasteiger partial charge on any atom is 0.255 e. The van der Waals surface area contributed by atoms with Crippen LogP contribution in [0.5, 0.6) is 23.0 Å². The second-order valence-corrected chi connectivity index (χ2v) is 9.00. The van der Waals surface area contributed by atoms with E-state index in [1.165, 1.54) is 0 Å². The Labute approximate surface area is 218 Å². The highest BCUT2D eigenvalue weighted by atomic mass is 16.7. The lowest BCUT2D eigenvalue weighted by Crippen LogP contribution is -2.35. The first-order chi connectivity index (χ1) is 18.6. The van der Waals surface area contributed by atoms with Gasteiger partial charge in [0.05, 0.1) is 25.6 Å². The lowest BCUT2D eigenvalue weighted by Gasteiger charge is -2.34. The van der Waals surface area contributed by atoms with Gasteiger partial charge in [0, 0.05) is 17.7 Å². The summed E-state index contributed by atoms with van der Waals surface area (Å²) in [5.41, 5.74) is 3.87. The molecule has 11 nitrogen and oxygen atoms in total. The summed E-state index contributed by atoms with van der Waals surface area (Å²) in [4.78, 5) is 15.1. The van der Waals surface area contributed by atoms with Crippen LogP contribution in [-0.4, -0.2) is 65.6 Å². The molecule has 1 atom stereocenters. The van der Waals surface area contributed by atoms with Crippen LogP contribution in [-0.2, 0) is 6.42 Å². The molecule has 2 aliphatic heterocycles. The normalized spacial score (nSPS) is 16.1. The molecule has 0 unspecified atom stereocenters. The van der Waals surface area contributed by atoms with E-state index in [-0.39, 0.29) is 18.7 Å². The van der Waals surface area contributed by atoms with Crippen LogP contribution in [0.25, 0.3) is 5.69 Å². The number of methoxy groups -OCH3 is 2. The quantitative estimate of drug-likeness (QED) is 0.414. The summed E-state index contributed by atoms with van der Waals surface area (Å²) in [5.74, 6) is 2.87. The first-order valence-electron chi connectivity index (χ1n) is 12.1. The van der Waals surface area contributed by atoms with Gasteiger partial charge in [-0.3, -0.25) is 9.69 Å². The van der Waals surface area contributed by atoms with Crippen LogP contribution in [0.4, 0.5) is 5.69 Å². The van der Waals surface area contributed by atoms with Crippen molar-refractivity contribution in [2.45, 2.75) is 12.5 Å². The summed E-state index contributed by atoms with van der Waals surface area (Å²) in [6, 6.07) is 16.1. The molecule has 0 fully saturated rings. The van der Waals surface area contributed by atoms with Crippen LogP contribution in [0.3, 0.4) is 0 Å². The standard InChI is InChI=1S/C27H26N6O5/c1-32-13-12-17-14-21-24(38-15-37-21)25(36-3)22(17)23(32)26-29-30-31-33(26)18-10-8-16(9-11-18)27(34)28-19-6-4-5-7-20(19)35-2/h4-11,14,23H,12-13,15H2,1-3H3,(H,28,34)/t23-/m1/s1. The zero-order chi connectivity index (χ0) is 26.2. The molecular weight excluding hydrogens is 488 g/mol. The third-order valence-corrected chi connectivity index (χ3v) is 6.86. The van der Waals surface area contributed by atoms with Gasteiger partial charge in [0.2, 0.25) is 12.5 Å². The smallest absolute Gasteiger partial charge is 0.255 e. The van der Waals surface area contributed by atoms with E-state index in [0.717, 1.165) is 29.8 Å². The average molecular weight is 515 g/mol. The molecule has 0 spiro atoms. The molecule has 1 amide bonds. The molecule has 38 heavy (non-hydrogen) atoms. The van der Waals surface area contributed by atoms with Crippen molar-refractivity contribution in [3.05, 3.63) is 77.1 Å². The van der Waals surface area contributed by atoms with Gasteiger partial charge in [0.15, 0.2) is 17.3 Å². The van der Waals surface area contributed by atoms with Crippen LogP contribution in [0.2, 0.25) is 0 Å². The molecule has 0 bridgehead atoms. The van der Waals surface area contributed by atoms with Crippen molar-refractivity contribution in [3.8, 4) is 28.7 Å². The minimum atomic E-state index is -0.285. The van der Waals surface area contributed by atoms with Crippen LogP contribution < -0.4 is 24.3 Å². The Morgan fingerprint density at radius 1 is 1.08 bits per heavy atom. The SMILES string of the molecule is COc1ccccc1NC(=O)c1ccc(-n2nnnc2[C@H]2c3c(cc4c(c3OC)OCO4)CCN2C)cc1. The molecule has 3 heterocycles. The number of carbonyl (C=O) groups excluding carboxylic acids is 1. The Balaban J connectivity index is 1.33. The molecule has 0 saturated heterocycles. The van der Waals surface area contributed by atoms with Crippen molar-refractivity contribution >= 4 is 11.6 Å². The monoisotopic (exact) mass is 514 g/mol. The second kappa shape index (κ2) is 9.67. The van der Waals surface area contributed by atoms with E-state index in [1.807, 2.05) is 37.4 Å². The largest absolute Gasteiger partial charge is 0.495 e. The van der Waals surface area contributed by atoms with E-state index in [1.54, 1.807) is 43.2 Å². The number of benzene rings is 3. The number of anilines is 1. The third-order valence-electron chi connectivity index (χ3n) is 6.86. The van der Waals surface area contributed by atoms with Gasteiger partial charge in [-0.1, -0.05) is 12.1 Å². The minimum absolute atomic E-state index is 0.157. The molecule has 1 N–H and O–H groups in total. The maximum absolute atomic E-state index is 12.9. The highest BCUT2D eigenvalue weighted by molar-refractivity contribution is 6.05. The number of aromatic nitrogens is 4. The zero-order valence-corrected chi connectivity index (χ0v) is 21.2. The Morgan fingerprint density at radius 3 is 2.68 bits per heavy atom.